The third kappa shape index (κ3) is 3.67. The van der Waals surface area contributed by atoms with Crippen molar-refractivity contribution in [2.24, 2.45) is 5.16 Å². The number of nitrogens with zero attached hydrogens (tertiary/aromatic N) is 2. The fourth-order valence-corrected chi connectivity index (χ4v) is 2.31. The molecule has 0 saturated heterocycles. The van der Waals surface area contributed by atoms with Gasteiger partial charge in [0.15, 0.2) is 0 Å². The molecule has 7 nitrogen and oxygen atoms in total. The van der Waals surface area contributed by atoms with Crippen molar-refractivity contribution in [2.45, 2.75) is 6.61 Å². The first-order valence-corrected chi connectivity index (χ1v) is 7.58. The van der Waals surface area contributed by atoms with Gasteiger partial charge in [0.1, 0.15) is 19.0 Å². The van der Waals surface area contributed by atoms with Crippen LogP contribution in [0.5, 0.6) is 5.75 Å². The van der Waals surface area contributed by atoms with E-state index in [0.29, 0.717) is 11.1 Å². The summed E-state index contributed by atoms with van der Waals surface area (Å²) in [5.74, 6) is -0.192. The van der Waals surface area contributed by atoms with Gasteiger partial charge in [-0.05, 0) is 29.8 Å². The molecule has 3 rings (SSSR count). The predicted octanol–water partition coefficient (Wildman–Crippen LogP) is 2.43. The van der Waals surface area contributed by atoms with Gasteiger partial charge in [-0.25, -0.2) is 0 Å². The van der Waals surface area contributed by atoms with Crippen LogP contribution in [-0.4, -0.2) is 36.8 Å². The Morgan fingerprint density at radius 3 is 2.24 bits per heavy atom. The van der Waals surface area contributed by atoms with Crippen molar-refractivity contribution >= 4 is 18.0 Å². The second kappa shape index (κ2) is 7.59. The number of ether oxygens (including phenoxy) is 1. The number of hydroxylamine groups is 2. The molecule has 1 aliphatic heterocycles. The zero-order valence-electron chi connectivity index (χ0n) is 13.5. The summed E-state index contributed by atoms with van der Waals surface area (Å²) >= 11 is 0. The first kappa shape index (κ1) is 16.7. The molecule has 7 heteroatoms. The molecule has 2 amide bonds. The van der Waals surface area contributed by atoms with E-state index in [2.05, 4.69) is 5.16 Å². The van der Waals surface area contributed by atoms with Crippen LogP contribution >= 0.6 is 0 Å². The lowest BCUT2D eigenvalue weighted by Gasteiger charge is -2.11. The van der Waals surface area contributed by atoms with Gasteiger partial charge in [-0.1, -0.05) is 29.4 Å². The SMILES string of the molecule is COc1ccc(CO/N=C/CON2C(=O)c3ccccc3C2=O)cc1. The van der Waals surface area contributed by atoms with E-state index in [1.807, 2.05) is 24.3 Å². The first-order valence-electron chi connectivity index (χ1n) is 7.58. The number of methoxy groups -OCH3 is 1. The Bertz CT molecular complexity index is 766. The van der Waals surface area contributed by atoms with Crippen molar-refractivity contribution in [2.75, 3.05) is 13.7 Å². The summed E-state index contributed by atoms with van der Waals surface area (Å²) in [5.41, 5.74) is 1.60. The Hall–Kier alpha value is -3.19. The van der Waals surface area contributed by atoms with Gasteiger partial charge in [0, 0.05) is 0 Å². The lowest BCUT2D eigenvalue weighted by atomic mass is 10.1. The van der Waals surface area contributed by atoms with Crippen molar-refractivity contribution < 1.29 is 24.0 Å². The third-order valence-electron chi connectivity index (χ3n) is 3.57. The Morgan fingerprint density at radius 2 is 1.64 bits per heavy atom. The molecule has 0 fully saturated rings. The van der Waals surface area contributed by atoms with Gasteiger partial charge in [0.2, 0.25) is 0 Å². The van der Waals surface area contributed by atoms with E-state index in [1.165, 1.54) is 6.21 Å². The molecular weight excluding hydrogens is 324 g/mol. The van der Waals surface area contributed by atoms with Crippen molar-refractivity contribution in [3.63, 3.8) is 0 Å². The molecule has 0 aromatic heterocycles. The average molecular weight is 340 g/mol. The highest BCUT2D eigenvalue weighted by atomic mass is 16.7. The normalized spacial score (nSPS) is 13.4. The molecule has 0 bridgehead atoms. The van der Waals surface area contributed by atoms with Gasteiger partial charge in [0.25, 0.3) is 11.8 Å². The highest BCUT2D eigenvalue weighted by molar-refractivity contribution is 6.20. The van der Waals surface area contributed by atoms with Gasteiger partial charge >= 0.3 is 0 Å². The lowest BCUT2D eigenvalue weighted by Crippen LogP contribution is -2.30. The minimum atomic E-state index is -0.479. The molecule has 0 saturated carbocycles. The van der Waals surface area contributed by atoms with Crippen LogP contribution in [0.15, 0.2) is 53.7 Å². The summed E-state index contributed by atoms with van der Waals surface area (Å²) in [4.78, 5) is 34.4. The molecule has 1 heterocycles. The Labute approximate surface area is 144 Å². The van der Waals surface area contributed by atoms with Crippen LogP contribution in [0, 0.1) is 0 Å². The summed E-state index contributed by atoms with van der Waals surface area (Å²) in [5, 5.41) is 4.48. The van der Waals surface area contributed by atoms with E-state index < -0.39 is 11.8 Å². The lowest BCUT2D eigenvalue weighted by molar-refractivity contribution is -0.0757. The highest BCUT2D eigenvalue weighted by Crippen LogP contribution is 2.22. The van der Waals surface area contributed by atoms with E-state index >= 15 is 0 Å². The monoisotopic (exact) mass is 340 g/mol. The Morgan fingerprint density at radius 1 is 1.00 bits per heavy atom. The van der Waals surface area contributed by atoms with Crippen LogP contribution < -0.4 is 4.74 Å². The number of oxime groups is 1. The van der Waals surface area contributed by atoms with E-state index in [4.69, 9.17) is 14.4 Å². The smallest absolute Gasteiger partial charge is 0.285 e. The Balaban J connectivity index is 1.44. The molecule has 0 atom stereocenters. The van der Waals surface area contributed by atoms with Gasteiger partial charge < -0.3 is 9.57 Å². The minimum Gasteiger partial charge on any atom is -0.497 e. The molecule has 0 spiro atoms. The molecule has 2 aromatic carbocycles. The number of carbonyl (C=O) groups is 2. The van der Waals surface area contributed by atoms with E-state index in [9.17, 15) is 9.59 Å². The molecule has 0 aliphatic carbocycles. The van der Waals surface area contributed by atoms with Crippen LogP contribution in [0.3, 0.4) is 0 Å². The van der Waals surface area contributed by atoms with E-state index in [-0.39, 0.29) is 13.2 Å². The van der Waals surface area contributed by atoms with Crippen LogP contribution in [0.4, 0.5) is 0 Å². The molecule has 25 heavy (non-hydrogen) atoms. The average Bonchev–Trinajstić information content (AvgIpc) is 2.90. The molecule has 0 unspecified atom stereocenters. The topological polar surface area (TPSA) is 77.4 Å². The number of imide groups is 1. The van der Waals surface area contributed by atoms with Crippen LogP contribution in [0.1, 0.15) is 26.3 Å². The zero-order chi connectivity index (χ0) is 17.6. The summed E-state index contributed by atoms with van der Waals surface area (Å²) in [6.45, 7) is 0.224. The van der Waals surface area contributed by atoms with Gasteiger partial charge in [-0.15, -0.1) is 5.06 Å². The van der Waals surface area contributed by atoms with Crippen LogP contribution in [0.2, 0.25) is 0 Å². The number of hydrogen-bond acceptors (Lipinski definition) is 6. The number of hydrogen-bond donors (Lipinski definition) is 0. The largest absolute Gasteiger partial charge is 0.497 e. The summed E-state index contributed by atoms with van der Waals surface area (Å²) in [6.07, 6.45) is 1.34. The van der Waals surface area contributed by atoms with E-state index in [1.54, 1.807) is 31.4 Å². The maximum atomic E-state index is 12.1. The van der Waals surface area contributed by atoms with Crippen molar-refractivity contribution in [3.05, 3.63) is 65.2 Å². The maximum Gasteiger partial charge on any atom is 0.285 e. The maximum absolute atomic E-state index is 12.1. The second-order valence-electron chi connectivity index (χ2n) is 5.16. The molecule has 0 radical (unpaired) electrons. The van der Waals surface area contributed by atoms with E-state index in [0.717, 1.165) is 16.4 Å². The predicted molar refractivity (Wildman–Crippen MR) is 89.2 cm³/mol. The second-order valence-corrected chi connectivity index (χ2v) is 5.16. The molecule has 128 valence electrons. The summed E-state index contributed by atoms with van der Waals surface area (Å²) in [7, 11) is 1.60. The molecular formula is C18H16N2O5. The van der Waals surface area contributed by atoms with Crippen molar-refractivity contribution in [1.82, 2.24) is 5.06 Å². The number of amides is 2. The van der Waals surface area contributed by atoms with Crippen molar-refractivity contribution in [3.8, 4) is 5.75 Å². The van der Waals surface area contributed by atoms with Crippen molar-refractivity contribution in [1.29, 1.82) is 0 Å². The number of rotatable bonds is 7. The quantitative estimate of drug-likeness (QED) is 0.439. The van der Waals surface area contributed by atoms with Gasteiger partial charge in [0.05, 0.1) is 24.5 Å². The first-order chi connectivity index (χ1) is 12.2. The fraction of sp³-hybridized carbons (Fsp3) is 0.167. The standard InChI is InChI=1S/C18H16N2O5/c1-23-14-8-6-13(7-9-14)12-24-19-10-11-25-20-17(21)15-4-2-3-5-16(15)18(20)22/h2-10H,11-12H2,1H3/b19-10+. The van der Waals surface area contributed by atoms with Gasteiger partial charge in [-0.3, -0.25) is 14.4 Å². The number of benzene rings is 2. The Kier molecular flexibility index (Phi) is 5.06. The summed E-state index contributed by atoms with van der Waals surface area (Å²) in [6, 6.07) is 14.0. The summed E-state index contributed by atoms with van der Waals surface area (Å²) < 4.78 is 5.07. The number of carbonyl (C=O) groups excluding carboxylic acids is 2. The van der Waals surface area contributed by atoms with Gasteiger partial charge in [-0.2, -0.15) is 0 Å². The fourth-order valence-electron chi connectivity index (χ4n) is 2.31. The molecule has 2 aromatic rings. The molecule has 0 N–H and O–H groups in total. The zero-order valence-corrected chi connectivity index (χ0v) is 13.5. The minimum absolute atomic E-state index is 0.0614. The molecule has 1 aliphatic rings. The van der Waals surface area contributed by atoms with Crippen LogP contribution in [0.25, 0.3) is 0 Å². The third-order valence-corrected chi connectivity index (χ3v) is 3.57. The number of fused-ring (bicyclic) bond motifs is 1. The van der Waals surface area contributed by atoms with Crippen LogP contribution in [-0.2, 0) is 16.3 Å². The highest BCUT2D eigenvalue weighted by Gasteiger charge is 2.36.